The Kier molecular flexibility index (Phi) is 6.26. The van der Waals surface area contributed by atoms with Crippen molar-refractivity contribution in [1.82, 2.24) is 5.48 Å². The second-order valence-electron chi connectivity index (χ2n) is 4.49. The van der Waals surface area contributed by atoms with Crippen molar-refractivity contribution in [3.8, 4) is 11.8 Å². The molecule has 3 N–H and O–H groups in total. The number of carbonyl (C=O) groups is 1. The molecular weight excluding hydrogens is 348 g/mol. The molecule has 0 heterocycles. The number of hydroxylamine groups is 1. The molecule has 0 aliphatic rings. The van der Waals surface area contributed by atoms with Crippen LogP contribution >= 0.6 is 11.8 Å². The van der Waals surface area contributed by atoms with Gasteiger partial charge < -0.3 is 0 Å². The average Bonchev–Trinajstić information content (AvgIpc) is 2.59. The van der Waals surface area contributed by atoms with E-state index in [0.717, 1.165) is 11.8 Å². The molecule has 2 aromatic carbocycles. The average molecular weight is 362 g/mol. The van der Waals surface area contributed by atoms with Crippen molar-refractivity contribution < 1.29 is 18.4 Å². The van der Waals surface area contributed by atoms with Gasteiger partial charge in [-0.25, -0.2) is 13.9 Å². The van der Waals surface area contributed by atoms with Crippen LogP contribution in [-0.4, -0.2) is 24.6 Å². The number of hydrogen-bond donors (Lipinski definition) is 3. The van der Waals surface area contributed by atoms with E-state index >= 15 is 0 Å². The van der Waals surface area contributed by atoms with Crippen molar-refractivity contribution in [1.29, 1.82) is 0 Å². The maximum Gasteiger partial charge on any atom is 0.303 e. The Labute approximate surface area is 144 Å². The summed E-state index contributed by atoms with van der Waals surface area (Å²) in [5, 5.41) is 7.77. The molecule has 0 radical (unpaired) electrons. The predicted octanol–water partition coefficient (Wildman–Crippen LogP) is 2.67. The van der Waals surface area contributed by atoms with Crippen molar-refractivity contribution in [3.63, 3.8) is 0 Å². The number of carbonyl (C=O) groups excluding carboxylic acids is 1. The zero-order valence-electron chi connectivity index (χ0n) is 12.4. The van der Waals surface area contributed by atoms with Crippen LogP contribution in [0, 0.1) is 11.8 Å². The van der Waals surface area contributed by atoms with Crippen LogP contribution in [0.1, 0.15) is 5.56 Å². The minimum absolute atomic E-state index is 0.174. The molecule has 0 spiro atoms. The van der Waals surface area contributed by atoms with Crippen molar-refractivity contribution in [2.45, 2.75) is 4.90 Å². The van der Waals surface area contributed by atoms with Gasteiger partial charge >= 0.3 is 5.24 Å². The van der Waals surface area contributed by atoms with E-state index in [0.29, 0.717) is 11.3 Å². The lowest BCUT2D eigenvalue weighted by molar-refractivity contribution is 0.181. The Morgan fingerprint density at radius 1 is 1.12 bits per heavy atom. The summed E-state index contributed by atoms with van der Waals surface area (Å²) in [5.74, 6) is 5.78. The molecule has 0 aliphatic carbocycles. The molecule has 124 valence electrons. The van der Waals surface area contributed by atoms with E-state index in [4.69, 9.17) is 5.21 Å². The highest BCUT2D eigenvalue weighted by Gasteiger charge is 2.13. The van der Waals surface area contributed by atoms with Crippen LogP contribution in [0.2, 0.25) is 0 Å². The lowest BCUT2D eigenvalue weighted by Gasteiger charge is -2.08. The highest BCUT2D eigenvalue weighted by molar-refractivity contribution is 8.13. The number of nitrogens with one attached hydrogen (secondary N) is 2. The molecule has 1 amide bonds. The number of sulfonamides is 1. The third kappa shape index (κ3) is 5.31. The first-order chi connectivity index (χ1) is 11.5. The van der Waals surface area contributed by atoms with Crippen LogP contribution in [-0.2, 0) is 10.0 Å². The minimum atomic E-state index is -3.65. The normalized spacial score (nSPS) is 10.4. The Morgan fingerprint density at radius 3 is 2.58 bits per heavy atom. The van der Waals surface area contributed by atoms with Crippen LogP contribution in [0.25, 0.3) is 0 Å². The number of anilines is 1. The molecule has 8 heteroatoms. The van der Waals surface area contributed by atoms with Crippen LogP contribution < -0.4 is 10.2 Å². The van der Waals surface area contributed by atoms with Crippen molar-refractivity contribution >= 4 is 32.7 Å². The maximum atomic E-state index is 12.3. The van der Waals surface area contributed by atoms with Crippen molar-refractivity contribution in [2.75, 3.05) is 10.5 Å². The van der Waals surface area contributed by atoms with E-state index in [1.54, 1.807) is 42.5 Å². The van der Waals surface area contributed by atoms with Gasteiger partial charge in [-0.2, -0.15) is 0 Å². The van der Waals surface area contributed by atoms with E-state index in [-0.39, 0.29) is 10.6 Å². The molecular formula is C16H14N2O4S2. The second kappa shape index (κ2) is 8.40. The number of hydrogen-bond acceptors (Lipinski definition) is 5. The number of amides is 1. The zero-order chi connectivity index (χ0) is 17.4. The van der Waals surface area contributed by atoms with Gasteiger partial charge in [-0.15, -0.1) is 0 Å². The molecule has 0 aromatic heterocycles. The summed E-state index contributed by atoms with van der Waals surface area (Å²) in [7, 11) is -3.65. The maximum absolute atomic E-state index is 12.3. The quantitative estimate of drug-likeness (QED) is 0.441. The Balaban J connectivity index is 2.08. The van der Waals surface area contributed by atoms with Gasteiger partial charge in [0.05, 0.1) is 16.3 Å². The fraction of sp³-hybridized carbons (Fsp3) is 0.0625. The van der Waals surface area contributed by atoms with Crippen LogP contribution in [0.4, 0.5) is 10.5 Å². The Bertz CT molecular complexity index is 872. The summed E-state index contributed by atoms with van der Waals surface area (Å²) >= 11 is 0.822. The molecule has 2 rings (SSSR count). The summed E-state index contributed by atoms with van der Waals surface area (Å²) in [4.78, 5) is 11.0. The van der Waals surface area contributed by atoms with Crippen LogP contribution in [0.5, 0.6) is 0 Å². The third-order valence-electron chi connectivity index (χ3n) is 2.77. The number of rotatable bonds is 4. The van der Waals surface area contributed by atoms with Gasteiger partial charge in [-0.1, -0.05) is 36.1 Å². The van der Waals surface area contributed by atoms with Crippen molar-refractivity contribution in [2.24, 2.45) is 0 Å². The smallest absolute Gasteiger partial charge is 0.288 e. The summed E-state index contributed by atoms with van der Waals surface area (Å²) in [5.41, 5.74) is 2.49. The van der Waals surface area contributed by atoms with E-state index in [1.807, 2.05) is 0 Å². The predicted molar refractivity (Wildman–Crippen MR) is 93.3 cm³/mol. The van der Waals surface area contributed by atoms with Gasteiger partial charge in [-0.3, -0.25) is 14.7 Å². The van der Waals surface area contributed by atoms with Gasteiger partial charge in [0.15, 0.2) is 0 Å². The molecule has 0 saturated carbocycles. The molecule has 0 aliphatic heterocycles. The Hall–Kier alpha value is -2.47. The number of benzene rings is 2. The van der Waals surface area contributed by atoms with Gasteiger partial charge in [0.1, 0.15) is 0 Å². The molecule has 0 saturated heterocycles. The molecule has 0 atom stereocenters. The largest absolute Gasteiger partial charge is 0.303 e. The fourth-order valence-corrected chi connectivity index (χ4v) is 3.16. The Morgan fingerprint density at radius 2 is 1.88 bits per heavy atom. The molecule has 24 heavy (non-hydrogen) atoms. The molecule has 0 fully saturated rings. The minimum Gasteiger partial charge on any atom is -0.288 e. The SMILES string of the molecule is O=C(NO)SCC#Cc1cccc(NS(=O)(=O)c2ccccc2)c1. The second-order valence-corrected chi connectivity index (χ2v) is 7.12. The summed E-state index contributed by atoms with van der Waals surface area (Å²) < 4.78 is 27.0. The first-order valence-electron chi connectivity index (χ1n) is 6.75. The van der Waals surface area contributed by atoms with E-state index in [2.05, 4.69) is 16.6 Å². The van der Waals surface area contributed by atoms with Gasteiger partial charge in [0.25, 0.3) is 10.0 Å². The highest BCUT2D eigenvalue weighted by Crippen LogP contribution is 2.16. The lowest BCUT2D eigenvalue weighted by atomic mass is 10.2. The summed E-state index contributed by atoms with van der Waals surface area (Å²) in [6.07, 6.45) is 0. The van der Waals surface area contributed by atoms with Crippen LogP contribution in [0.3, 0.4) is 0 Å². The fourth-order valence-electron chi connectivity index (χ4n) is 1.75. The lowest BCUT2D eigenvalue weighted by Crippen LogP contribution is -2.12. The van der Waals surface area contributed by atoms with Gasteiger partial charge in [0, 0.05) is 5.56 Å². The highest BCUT2D eigenvalue weighted by atomic mass is 32.2. The van der Waals surface area contributed by atoms with E-state index < -0.39 is 15.3 Å². The zero-order valence-corrected chi connectivity index (χ0v) is 14.0. The van der Waals surface area contributed by atoms with Gasteiger partial charge in [-0.05, 0) is 42.1 Å². The van der Waals surface area contributed by atoms with E-state index in [1.165, 1.54) is 17.6 Å². The first-order valence-corrected chi connectivity index (χ1v) is 9.22. The topological polar surface area (TPSA) is 95.5 Å². The molecule has 2 aromatic rings. The summed E-state index contributed by atoms with van der Waals surface area (Å²) in [6.45, 7) is 0. The van der Waals surface area contributed by atoms with Crippen molar-refractivity contribution in [3.05, 3.63) is 60.2 Å². The molecule has 6 nitrogen and oxygen atoms in total. The molecule has 0 unspecified atom stereocenters. The van der Waals surface area contributed by atoms with Gasteiger partial charge in [0.2, 0.25) is 0 Å². The summed E-state index contributed by atoms with van der Waals surface area (Å²) in [6, 6.07) is 14.7. The first kappa shape index (κ1) is 17.9. The monoisotopic (exact) mass is 362 g/mol. The van der Waals surface area contributed by atoms with Crippen LogP contribution in [0.15, 0.2) is 59.5 Å². The third-order valence-corrected chi connectivity index (χ3v) is 4.81. The van der Waals surface area contributed by atoms with E-state index in [9.17, 15) is 13.2 Å². The number of thioether (sulfide) groups is 1. The standard InChI is InChI=1S/C16H14N2O4S2/c19-16(17-20)23-11-5-7-13-6-4-8-14(12-13)18-24(21,22)15-9-2-1-3-10-15/h1-4,6,8-10,12,18,20H,11H2,(H,17,19). The molecule has 0 bridgehead atoms.